The molecule has 0 amide bonds. The summed E-state index contributed by atoms with van der Waals surface area (Å²) < 4.78 is 34.9. The van der Waals surface area contributed by atoms with Crippen molar-refractivity contribution in [2.45, 2.75) is 69.5 Å². The van der Waals surface area contributed by atoms with Crippen LogP contribution in [0.1, 0.15) is 68.1 Å². The van der Waals surface area contributed by atoms with Crippen LogP contribution in [0.4, 0.5) is 11.6 Å². The average molecular weight is 527 g/mol. The number of carbonyl (C=O) groups excluding carboxylic acids is 1. The number of fused-ring (bicyclic) bond motifs is 2. The number of rotatable bonds is 6. The van der Waals surface area contributed by atoms with Gasteiger partial charge in [0, 0.05) is 43.0 Å². The van der Waals surface area contributed by atoms with Gasteiger partial charge >= 0.3 is 5.97 Å². The van der Waals surface area contributed by atoms with Gasteiger partial charge in [-0.25, -0.2) is 28.2 Å². The number of hydrogen-bond acceptors (Lipinski definition) is 10. The topological polar surface area (TPSA) is 141 Å². The Morgan fingerprint density at radius 1 is 1.11 bits per heavy atom. The molecule has 11 heteroatoms. The van der Waals surface area contributed by atoms with E-state index in [4.69, 9.17) is 9.47 Å². The number of ether oxygens (including phenoxy) is 2. The number of nitrogens with zero attached hydrogens (tertiary/aromatic N) is 3. The number of carbonyl (C=O) groups is 1. The molecule has 0 saturated heterocycles. The monoisotopic (exact) mass is 526 g/mol. The van der Waals surface area contributed by atoms with Crippen LogP contribution in [-0.2, 0) is 20.2 Å². The molecule has 0 radical (unpaired) electrons. The number of aromatic nitrogens is 3. The van der Waals surface area contributed by atoms with E-state index in [-0.39, 0.29) is 24.1 Å². The van der Waals surface area contributed by atoms with Crippen LogP contribution in [0, 0.1) is 0 Å². The van der Waals surface area contributed by atoms with Crippen molar-refractivity contribution in [2.24, 2.45) is 0 Å². The first kappa shape index (κ1) is 25.3. The number of anilines is 2. The van der Waals surface area contributed by atoms with E-state index in [1.54, 1.807) is 44.4 Å². The van der Waals surface area contributed by atoms with Crippen LogP contribution in [0.25, 0.3) is 10.8 Å². The zero-order valence-corrected chi connectivity index (χ0v) is 22.2. The summed E-state index contributed by atoms with van der Waals surface area (Å²) in [4.78, 5) is 25.8. The Hall–Kier alpha value is -3.31. The predicted octanol–water partition coefficient (Wildman–Crippen LogP) is 3.61. The molecule has 10 nitrogen and oxygen atoms in total. The van der Waals surface area contributed by atoms with Crippen LogP contribution in [0.15, 0.2) is 30.6 Å². The van der Waals surface area contributed by atoms with E-state index in [9.17, 15) is 18.3 Å². The van der Waals surface area contributed by atoms with Gasteiger partial charge in [0.25, 0.3) is 0 Å². The first-order valence-electron chi connectivity index (χ1n) is 12.2. The summed E-state index contributed by atoms with van der Waals surface area (Å²) in [5.41, 5.74) is 0.524. The maximum absolute atomic E-state index is 12.2. The molecule has 196 valence electrons. The van der Waals surface area contributed by atoms with Crippen LogP contribution in [0.3, 0.4) is 0 Å². The zero-order chi connectivity index (χ0) is 26.7. The van der Waals surface area contributed by atoms with E-state index in [0.717, 1.165) is 0 Å². The third-order valence-electron chi connectivity index (χ3n) is 7.16. The molecule has 1 aliphatic carbocycles. The summed E-state index contributed by atoms with van der Waals surface area (Å²) in [6.45, 7) is 7.15. The Balaban J connectivity index is 1.47. The number of aliphatic hydroxyl groups is 1. The lowest BCUT2D eigenvalue weighted by Gasteiger charge is -2.34. The van der Waals surface area contributed by atoms with E-state index in [2.05, 4.69) is 20.3 Å². The second kappa shape index (κ2) is 8.91. The van der Waals surface area contributed by atoms with Crippen LogP contribution in [0.5, 0.6) is 5.88 Å². The van der Waals surface area contributed by atoms with E-state index in [1.165, 1.54) is 6.26 Å². The lowest BCUT2D eigenvalue weighted by atomic mass is 9.94. The smallest absolute Gasteiger partial charge is 0.340 e. The van der Waals surface area contributed by atoms with Crippen LogP contribution < -0.4 is 10.1 Å². The molecule has 1 fully saturated rings. The van der Waals surface area contributed by atoms with Gasteiger partial charge in [0.15, 0.2) is 9.84 Å². The van der Waals surface area contributed by atoms with Gasteiger partial charge in [0.1, 0.15) is 23.8 Å². The number of nitrogens with one attached hydrogen (secondary N) is 1. The summed E-state index contributed by atoms with van der Waals surface area (Å²) in [5, 5.41) is 14.9. The highest BCUT2D eigenvalue weighted by molar-refractivity contribution is 7.91. The molecule has 0 bridgehead atoms. The summed E-state index contributed by atoms with van der Waals surface area (Å²) >= 11 is 0. The van der Waals surface area contributed by atoms with Gasteiger partial charge in [-0.15, -0.1) is 0 Å². The number of cyclic esters (lactones) is 1. The molecule has 1 saturated carbocycles. The van der Waals surface area contributed by atoms with Crippen molar-refractivity contribution in [3.05, 3.63) is 47.4 Å². The molecular weight excluding hydrogens is 496 g/mol. The summed E-state index contributed by atoms with van der Waals surface area (Å²) in [5.74, 6) is 0.915. The third-order valence-corrected chi connectivity index (χ3v) is 8.75. The minimum atomic E-state index is -3.10. The van der Waals surface area contributed by atoms with Crippen molar-refractivity contribution in [3.63, 3.8) is 0 Å². The molecule has 0 aromatic carbocycles. The lowest BCUT2D eigenvalue weighted by molar-refractivity contribution is 0.0235. The Bertz CT molecular complexity index is 1490. The minimum absolute atomic E-state index is 0.0552. The molecule has 4 heterocycles. The lowest BCUT2D eigenvalue weighted by Crippen LogP contribution is -2.42. The van der Waals surface area contributed by atoms with Gasteiger partial charge in [0.2, 0.25) is 5.88 Å². The standard InChI is InChI=1S/C26H30N4O6S/c1-13-14(2)35-25(31)17-6-7-21(30-23(13)17)29-22-10-18-19(11-27-22)24(28-12-20(18)26(3,4)32)36-15-8-16(9-15)37(5,33)34/h6-7,10-16,32H,8-9H2,1-5H3,(H,27,29,30)/t13-,14-,15-,16+/m0/s1. The van der Waals surface area contributed by atoms with Crippen molar-refractivity contribution in [1.82, 2.24) is 15.0 Å². The van der Waals surface area contributed by atoms with Crippen molar-refractivity contribution < 1.29 is 27.8 Å². The fraction of sp³-hybridized carbons (Fsp3) is 0.462. The molecule has 3 aromatic heterocycles. The zero-order valence-electron chi connectivity index (χ0n) is 21.3. The summed E-state index contributed by atoms with van der Waals surface area (Å²) in [6.07, 6.45) is 4.72. The highest BCUT2D eigenvalue weighted by Crippen LogP contribution is 2.37. The molecule has 2 aliphatic rings. The van der Waals surface area contributed by atoms with Gasteiger partial charge in [-0.2, -0.15) is 0 Å². The van der Waals surface area contributed by atoms with Crippen molar-refractivity contribution in [1.29, 1.82) is 0 Å². The Labute approximate surface area is 215 Å². The average Bonchev–Trinajstić information content (AvgIpc) is 2.77. The summed E-state index contributed by atoms with van der Waals surface area (Å²) in [6, 6.07) is 5.18. The molecule has 2 N–H and O–H groups in total. The summed E-state index contributed by atoms with van der Waals surface area (Å²) in [7, 11) is -3.10. The maximum atomic E-state index is 12.2. The van der Waals surface area contributed by atoms with Crippen molar-refractivity contribution in [3.8, 4) is 5.88 Å². The molecular formula is C26H30N4O6S. The molecule has 3 aromatic rings. The van der Waals surface area contributed by atoms with Crippen LogP contribution in [0.2, 0.25) is 0 Å². The normalized spacial score (nSPS) is 23.7. The van der Waals surface area contributed by atoms with E-state index in [1.807, 2.05) is 13.8 Å². The van der Waals surface area contributed by atoms with E-state index >= 15 is 0 Å². The molecule has 1 aliphatic heterocycles. The maximum Gasteiger partial charge on any atom is 0.340 e. The molecule has 0 unspecified atom stereocenters. The van der Waals surface area contributed by atoms with Crippen molar-refractivity contribution in [2.75, 3.05) is 11.6 Å². The SMILES string of the molecule is C[C@@H]1OC(=O)c2ccc(Nc3cc4c(C(C)(C)O)cnc(O[C@H]5C[C@@H](S(C)(=O)=O)C5)c4cn3)nc2[C@H]1C. The van der Waals surface area contributed by atoms with Crippen molar-refractivity contribution >= 4 is 38.2 Å². The van der Waals surface area contributed by atoms with Gasteiger partial charge in [0.05, 0.1) is 27.5 Å². The van der Waals surface area contributed by atoms with Crippen LogP contribution in [-0.4, -0.2) is 58.2 Å². The number of esters is 1. The molecule has 2 atom stereocenters. The second-order valence-corrected chi connectivity index (χ2v) is 12.8. The van der Waals surface area contributed by atoms with Gasteiger partial charge in [-0.1, -0.05) is 6.92 Å². The Morgan fingerprint density at radius 2 is 1.84 bits per heavy atom. The third kappa shape index (κ3) is 4.85. The molecule has 37 heavy (non-hydrogen) atoms. The fourth-order valence-corrected chi connectivity index (χ4v) is 5.76. The number of sulfone groups is 1. The first-order chi connectivity index (χ1) is 17.3. The quantitative estimate of drug-likeness (QED) is 0.458. The Kier molecular flexibility index (Phi) is 6.11. The minimum Gasteiger partial charge on any atom is -0.474 e. The van der Waals surface area contributed by atoms with Crippen LogP contribution >= 0.6 is 0 Å². The molecule has 0 spiro atoms. The second-order valence-electron chi connectivity index (χ2n) is 10.5. The number of hydrogen-bond donors (Lipinski definition) is 2. The predicted molar refractivity (Wildman–Crippen MR) is 138 cm³/mol. The fourth-order valence-electron chi connectivity index (χ4n) is 4.63. The van der Waals surface area contributed by atoms with E-state index < -0.39 is 20.7 Å². The first-order valence-corrected chi connectivity index (χ1v) is 14.1. The largest absolute Gasteiger partial charge is 0.474 e. The van der Waals surface area contributed by atoms with Gasteiger partial charge in [-0.05, 0) is 44.4 Å². The Morgan fingerprint density at radius 3 is 2.51 bits per heavy atom. The highest BCUT2D eigenvalue weighted by Gasteiger charge is 2.38. The number of pyridine rings is 3. The van der Waals surface area contributed by atoms with E-state index in [0.29, 0.717) is 58.0 Å². The highest BCUT2D eigenvalue weighted by atomic mass is 32.2. The van der Waals surface area contributed by atoms with Gasteiger partial charge < -0.3 is 19.9 Å². The molecule has 5 rings (SSSR count). The van der Waals surface area contributed by atoms with Gasteiger partial charge in [-0.3, -0.25) is 0 Å².